The van der Waals surface area contributed by atoms with Crippen LogP contribution >= 0.6 is 0 Å². The van der Waals surface area contributed by atoms with Crippen LogP contribution in [-0.2, 0) is 14.8 Å². The smallest absolute Gasteiger partial charge is 0.216 e. The Morgan fingerprint density at radius 1 is 0.478 bits per heavy atom. The van der Waals surface area contributed by atoms with E-state index in [-0.39, 0.29) is 5.91 Å². The summed E-state index contributed by atoms with van der Waals surface area (Å²) in [4.78, 5) is 18.0. The van der Waals surface area contributed by atoms with E-state index in [0.29, 0.717) is 42.3 Å². The summed E-state index contributed by atoms with van der Waals surface area (Å²) in [7, 11) is 4.38. The van der Waals surface area contributed by atoms with Gasteiger partial charge in [0.05, 0.1) is 15.9 Å². The molecule has 67 heavy (non-hydrogen) atoms. The molecular formula is C56H85N5O5S. The van der Waals surface area contributed by atoms with Crippen LogP contribution in [0.15, 0.2) is 255 Å². The van der Waals surface area contributed by atoms with E-state index in [4.69, 9.17) is 19.7 Å². The number of nitrogens with two attached hydrogens (primary N) is 1. The normalized spacial score (nSPS) is 9.12. The van der Waals surface area contributed by atoms with E-state index in [2.05, 4.69) is 28.0 Å². The Labute approximate surface area is 417 Å². The quantitative estimate of drug-likeness (QED) is 0.0993. The molecule has 0 unspecified atom stereocenters. The molecule has 1 amide bonds. The van der Waals surface area contributed by atoms with Crippen LogP contribution in [-0.4, -0.2) is 67.3 Å². The fourth-order valence-electron chi connectivity index (χ4n) is 2.39. The molecule has 0 bridgehead atoms. The second-order valence-electron chi connectivity index (χ2n) is 10.5. The molecule has 10 nitrogen and oxygen atoms in total. The maximum absolute atomic E-state index is 9.89. The molecule has 0 aliphatic heterocycles. The van der Waals surface area contributed by atoms with Crippen LogP contribution in [0.25, 0.3) is 0 Å². The molecule has 0 radical (unpaired) electrons. The van der Waals surface area contributed by atoms with Crippen LogP contribution in [0.4, 0.5) is 0 Å². The van der Waals surface area contributed by atoms with Crippen LogP contribution in [0.3, 0.4) is 0 Å². The fourth-order valence-corrected chi connectivity index (χ4v) is 2.39. The topological polar surface area (TPSA) is 156 Å². The lowest BCUT2D eigenvalue weighted by Crippen LogP contribution is -2.15. The number of nitrogens with one attached hydrogen (secondary N) is 3. The number of nitro groups is 1. The number of amides is 1. The minimum atomic E-state index is -2.91. The lowest BCUT2D eigenvalue weighted by Gasteiger charge is -1.85. The van der Waals surface area contributed by atoms with Crippen molar-refractivity contribution in [3.8, 4) is 0 Å². The Bertz CT molecular complexity index is 1870. The molecule has 0 fully saturated rings. The number of hydrogen-bond acceptors (Lipinski definition) is 7. The highest BCUT2D eigenvalue weighted by molar-refractivity contribution is 7.88. The average molecular weight is 954 g/mol. The summed E-state index contributed by atoms with van der Waals surface area (Å²) in [5.41, 5.74) is 4.50. The minimum absolute atomic E-state index is 0.00463. The third kappa shape index (κ3) is 114. The summed E-state index contributed by atoms with van der Waals surface area (Å²) >= 11 is 0. The summed E-state index contributed by atoms with van der Waals surface area (Å²) in [5.74, 6) is 0.00463. The number of benzene rings is 7. The number of nitrogens with zero attached hydrogens (tertiary/aromatic N) is 1. The summed E-state index contributed by atoms with van der Waals surface area (Å²) in [6.07, 6.45) is 1.10. The Hall–Kier alpha value is -6.76. The maximum atomic E-state index is 9.89. The van der Waals surface area contributed by atoms with Crippen LogP contribution in [0, 0.1) is 10.1 Å². The lowest BCUT2D eigenvalue weighted by molar-refractivity contribution is -0.445. The molecule has 0 atom stereocenters. The molecule has 370 valence electrons. The monoisotopic (exact) mass is 954 g/mol. The van der Waals surface area contributed by atoms with Crippen LogP contribution in [0.5, 0.6) is 0 Å². The van der Waals surface area contributed by atoms with E-state index >= 15 is 0 Å². The minimum Gasteiger partial charge on any atom is -0.359 e. The Kier molecular flexibility index (Phi) is 66.5. The molecular weight excluding hydrogens is 855 g/mol. The molecule has 11 heteroatoms. The first kappa shape index (κ1) is 58.3. The van der Waals surface area contributed by atoms with E-state index in [0.717, 1.165) is 19.8 Å². The summed E-state index contributed by atoms with van der Waals surface area (Å²) < 4.78 is 70.8. The average Bonchev–Trinajstić information content (AvgIpc) is 3.41. The van der Waals surface area contributed by atoms with Crippen LogP contribution in [0.2, 0.25) is 0 Å². The Balaban J connectivity index is -0.000000133. The van der Waals surface area contributed by atoms with E-state index in [1.165, 1.54) is 21.0 Å². The molecule has 7 aromatic carbocycles. The zero-order valence-corrected chi connectivity index (χ0v) is 42.7. The molecule has 0 heterocycles. The van der Waals surface area contributed by atoms with Crippen molar-refractivity contribution in [1.82, 2.24) is 15.4 Å². The van der Waals surface area contributed by atoms with Gasteiger partial charge in [-0.2, -0.15) is 0 Å². The van der Waals surface area contributed by atoms with Crippen molar-refractivity contribution in [3.05, 3.63) is 265 Å². The largest absolute Gasteiger partial charge is 0.359 e. The number of sulfonamides is 1. The first-order valence-electron chi connectivity index (χ1n) is 24.7. The second kappa shape index (κ2) is 76.5. The predicted molar refractivity (Wildman–Crippen MR) is 294 cm³/mol. The first-order valence-corrected chi connectivity index (χ1v) is 23.1. The summed E-state index contributed by atoms with van der Waals surface area (Å²) in [6, 6.07) is 67.7. The molecule has 0 spiro atoms. The van der Waals surface area contributed by atoms with Gasteiger partial charge in [0, 0.05) is 18.9 Å². The molecule has 7 rings (SSSR count). The standard InChI is InChI=1S/7C6H6.C3H7NO.C3H9N.C2H7NO2S.2C2H6.CH3NO2.CH5N/c7*1-2-4-6-5-3-1;1-3(5)4-2;1-3-4-2;1-3-6(2,4)5;2*1-2;1-2(3)4;1-2/h7*1-6H;1-2H3,(H,4,5);4H,3H2,1-2H3;3H,1-2H3;2*1-2H3;1H3;2H2,1H3/i7*1T;;;;;;;. The van der Waals surface area contributed by atoms with Gasteiger partial charge in [0.25, 0.3) is 0 Å². The van der Waals surface area contributed by atoms with Gasteiger partial charge < -0.3 is 16.4 Å². The first-order chi connectivity index (χ1) is 35.2. The second-order valence-corrected chi connectivity index (χ2v) is 12.4. The number of carbonyl (C=O) groups excluding carboxylic acids is 1. The van der Waals surface area contributed by atoms with E-state index < -0.39 is 14.9 Å². The van der Waals surface area contributed by atoms with Gasteiger partial charge in [-0.1, -0.05) is 289 Å². The molecule has 5 N–H and O–H groups in total. The van der Waals surface area contributed by atoms with E-state index in [1.54, 1.807) is 92.0 Å². The van der Waals surface area contributed by atoms with Gasteiger partial charge in [0.15, 0.2) is 7.05 Å². The molecule has 7 aromatic rings. The maximum Gasteiger partial charge on any atom is 0.216 e. The van der Waals surface area contributed by atoms with Gasteiger partial charge >= 0.3 is 0 Å². The van der Waals surface area contributed by atoms with Crippen molar-refractivity contribution >= 4 is 15.9 Å². The molecule has 0 saturated heterocycles. The zero-order chi connectivity index (χ0) is 58.3. The summed E-state index contributed by atoms with van der Waals surface area (Å²) in [6.45, 7) is 12.6. The van der Waals surface area contributed by atoms with Crippen molar-refractivity contribution in [2.75, 3.05) is 48.0 Å². The molecule has 0 aliphatic rings. The van der Waals surface area contributed by atoms with Gasteiger partial charge in [-0.05, 0) is 27.7 Å². The van der Waals surface area contributed by atoms with Gasteiger partial charge in [-0.3, -0.25) is 14.9 Å². The highest BCUT2D eigenvalue weighted by Gasteiger charge is 1.88. The van der Waals surface area contributed by atoms with Crippen molar-refractivity contribution in [2.45, 2.75) is 41.5 Å². The zero-order valence-electron chi connectivity index (χ0n) is 48.9. The predicted octanol–water partition coefficient (Wildman–Crippen LogP) is 12.5. The lowest BCUT2D eigenvalue weighted by atomic mass is 10.4. The van der Waals surface area contributed by atoms with Crippen molar-refractivity contribution in [1.29, 1.82) is 0 Å². The molecule has 0 aromatic heterocycles. The van der Waals surface area contributed by atoms with Crippen molar-refractivity contribution < 1.29 is 27.7 Å². The highest BCUT2D eigenvalue weighted by atomic mass is 32.2. The van der Waals surface area contributed by atoms with Gasteiger partial charge in [0.1, 0.15) is 0 Å². The van der Waals surface area contributed by atoms with Gasteiger partial charge in [-0.15, -0.1) is 0 Å². The number of hydrogen-bond donors (Lipinski definition) is 4. The van der Waals surface area contributed by atoms with Crippen molar-refractivity contribution in [2.24, 2.45) is 5.73 Å². The van der Waals surface area contributed by atoms with Gasteiger partial charge in [-0.25, -0.2) is 13.1 Å². The third-order valence-corrected chi connectivity index (χ3v) is 6.07. The SMILES string of the molecule is CC.CC.CCNC.CN.CNC(C)=O.CNS(C)(=O)=O.C[N+](=O)[O-].[3H]c1ccccc1.[3H]c1ccccc1.[3H]c1ccccc1.[3H]c1ccccc1.[3H]c1ccccc1.[3H]c1ccccc1.[3H]c1ccccc1. The fraction of sp³-hybridized carbons (Fsp3) is 0.232. The molecule has 0 aliphatic carbocycles. The van der Waals surface area contributed by atoms with Crippen LogP contribution < -0.4 is 21.1 Å². The number of rotatable bonds is 2. The Morgan fingerprint density at radius 3 is 0.597 bits per heavy atom. The summed E-state index contributed by atoms with van der Waals surface area (Å²) in [5, 5.41) is 14.1. The van der Waals surface area contributed by atoms with E-state index in [9.17, 15) is 13.2 Å². The van der Waals surface area contributed by atoms with Crippen LogP contribution in [0.1, 0.15) is 51.1 Å². The van der Waals surface area contributed by atoms with Gasteiger partial charge in [0.2, 0.25) is 15.9 Å². The number of carbonyl (C=O) groups is 1. The molecule has 0 saturated carbocycles. The Morgan fingerprint density at radius 2 is 0.567 bits per heavy atom. The highest BCUT2D eigenvalue weighted by Crippen LogP contribution is 1.83. The van der Waals surface area contributed by atoms with Crippen molar-refractivity contribution in [3.63, 3.8) is 0 Å². The third-order valence-electron chi connectivity index (χ3n) is 5.33. The van der Waals surface area contributed by atoms with E-state index in [1.807, 2.05) is 162 Å².